The number of halogens is 1. The zero-order chi connectivity index (χ0) is 14.4. The van der Waals surface area contributed by atoms with Gasteiger partial charge in [-0.1, -0.05) is 29.8 Å². The van der Waals surface area contributed by atoms with E-state index >= 15 is 0 Å². The number of thiophene rings is 1. The number of ether oxygens (including phenoxy) is 1. The van der Waals surface area contributed by atoms with E-state index in [1.54, 1.807) is 23.5 Å². The Labute approximate surface area is 131 Å². The Morgan fingerprint density at radius 1 is 1.14 bits per heavy atom. The molecule has 3 aromatic rings. The van der Waals surface area contributed by atoms with Crippen LogP contribution >= 0.6 is 22.9 Å². The topological polar surface area (TPSA) is 29.5 Å². The molecule has 0 saturated heterocycles. The van der Waals surface area contributed by atoms with Crippen LogP contribution in [0.25, 0.3) is 10.1 Å². The van der Waals surface area contributed by atoms with Gasteiger partial charge in [0.2, 0.25) is 0 Å². The number of fused-ring (bicyclic) bond motifs is 2. The number of aliphatic hydroxyl groups excluding tert-OH is 1. The predicted octanol–water partition coefficient (Wildman–Crippen LogP) is 5.11. The summed E-state index contributed by atoms with van der Waals surface area (Å²) in [5.41, 5.74) is 1.92. The number of aliphatic hydroxyl groups is 1. The highest BCUT2D eigenvalue weighted by Crippen LogP contribution is 2.44. The zero-order valence-electron chi connectivity index (χ0n) is 11.1. The summed E-state index contributed by atoms with van der Waals surface area (Å²) in [5.74, 6) is 0.721. The van der Waals surface area contributed by atoms with Crippen LogP contribution in [0.15, 0.2) is 47.8 Å². The van der Waals surface area contributed by atoms with Crippen molar-refractivity contribution >= 4 is 33.0 Å². The summed E-state index contributed by atoms with van der Waals surface area (Å²) in [6, 6.07) is 13.7. The largest absolute Gasteiger partial charge is 0.485 e. The first-order valence-electron chi connectivity index (χ1n) is 6.82. The molecule has 1 N–H and O–H groups in total. The second kappa shape index (κ2) is 5.02. The molecular formula is C17H13ClO2S. The Balaban J connectivity index is 1.76. The van der Waals surface area contributed by atoms with Crippen molar-refractivity contribution in [1.82, 2.24) is 0 Å². The second-order valence-electron chi connectivity index (χ2n) is 5.23. The summed E-state index contributed by atoms with van der Waals surface area (Å²) >= 11 is 7.70. The number of hydrogen-bond acceptors (Lipinski definition) is 3. The lowest BCUT2D eigenvalue weighted by molar-refractivity contribution is 0.0666. The van der Waals surface area contributed by atoms with Gasteiger partial charge in [-0.3, -0.25) is 0 Å². The first kappa shape index (κ1) is 13.1. The molecule has 0 saturated carbocycles. The summed E-state index contributed by atoms with van der Waals surface area (Å²) in [6.07, 6.45) is -0.116. The van der Waals surface area contributed by atoms with Crippen LogP contribution in [0.3, 0.4) is 0 Å². The summed E-state index contributed by atoms with van der Waals surface area (Å²) in [7, 11) is 0. The summed E-state index contributed by atoms with van der Waals surface area (Å²) < 4.78 is 7.34. The number of hydrogen-bond donors (Lipinski definition) is 1. The molecule has 0 bridgehead atoms. The highest BCUT2D eigenvalue weighted by molar-refractivity contribution is 7.17. The van der Waals surface area contributed by atoms with Gasteiger partial charge in [0.05, 0.1) is 6.10 Å². The maximum atomic E-state index is 10.4. The molecule has 1 aromatic heterocycles. The molecule has 2 atom stereocenters. The summed E-state index contributed by atoms with van der Waals surface area (Å²) in [4.78, 5) is 0. The quantitative estimate of drug-likeness (QED) is 0.676. The van der Waals surface area contributed by atoms with Crippen molar-refractivity contribution in [2.45, 2.75) is 18.6 Å². The maximum Gasteiger partial charge on any atom is 0.128 e. The normalized spacial score (nSPS) is 21.0. The minimum atomic E-state index is -0.545. The van der Waals surface area contributed by atoms with E-state index in [2.05, 4.69) is 17.5 Å². The fourth-order valence-corrected chi connectivity index (χ4v) is 4.04. The van der Waals surface area contributed by atoms with Crippen molar-refractivity contribution in [3.05, 3.63) is 64.0 Å². The maximum absolute atomic E-state index is 10.4. The van der Waals surface area contributed by atoms with E-state index in [4.69, 9.17) is 16.3 Å². The van der Waals surface area contributed by atoms with Crippen LogP contribution in [0.4, 0.5) is 0 Å². The Hall–Kier alpha value is -1.55. The molecule has 0 fully saturated rings. The molecule has 106 valence electrons. The lowest BCUT2D eigenvalue weighted by atomic mass is 9.95. The Bertz CT molecular complexity index is 811. The Morgan fingerprint density at radius 2 is 2.00 bits per heavy atom. The van der Waals surface area contributed by atoms with Crippen LogP contribution in [0.2, 0.25) is 5.02 Å². The van der Waals surface area contributed by atoms with Gasteiger partial charge in [-0.2, -0.15) is 0 Å². The molecule has 2 nitrogen and oxygen atoms in total. The Kier molecular flexibility index (Phi) is 3.14. The summed E-state index contributed by atoms with van der Waals surface area (Å²) in [5, 5.41) is 14.3. The highest BCUT2D eigenvalue weighted by Gasteiger charge is 2.29. The van der Waals surface area contributed by atoms with E-state index in [0.717, 1.165) is 16.9 Å². The van der Waals surface area contributed by atoms with Gasteiger partial charge in [-0.05, 0) is 35.0 Å². The van der Waals surface area contributed by atoms with E-state index in [1.165, 1.54) is 10.1 Å². The molecule has 21 heavy (non-hydrogen) atoms. The van der Waals surface area contributed by atoms with E-state index in [0.29, 0.717) is 11.4 Å². The third kappa shape index (κ3) is 2.22. The minimum Gasteiger partial charge on any atom is -0.485 e. The van der Waals surface area contributed by atoms with E-state index in [9.17, 15) is 5.11 Å². The molecule has 0 amide bonds. The molecular weight excluding hydrogens is 304 g/mol. The molecule has 4 heteroatoms. The lowest BCUT2D eigenvalue weighted by Gasteiger charge is -2.29. The molecule has 2 heterocycles. The third-order valence-electron chi connectivity index (χ3n) is 3.90. The SMILES string of the molecule is O[C@H]1CC(c2csc3ccccc23)Oc2ccc(Cl)cc21. The van der Waals surface area contributed by atoms with Crippen LogP contribution in [-0.4, -0.2) is 5.11 Å². The highest BCUT2D eigenvalue weighted by atomic mass is 35.5. The smallest absolute Gasteiger partial charge is 0.128 e. The molecule has 0 radical (unpaired) electrons. The van der Waals surface area contributed by atoms with Gasteiger partial charge in [0, 0.05) is 27.3 Å². The monoisotopic (exact) mass is 316 g/mol. The van der Waals surface area contributed by atoms with Gasteiger partial charge in [0.1, 0.15) is 11.9 Å². The molecule has 2 aromatic carbocycles. The molecule has 1 aliphatic rings. The molecule has 1 aliphatic heterocycles. The fourth-order valence-electron chi connectivity index (χ4n) is 2.86. The van der Waals surface area contributed by atoms with Crippen LogP contribution in [-0.2, 0) is 0 Å². The van der Waals surface area contributed by atoms with Crippen molar-refractivity contribution < 1.29 is 9.84 Å². The minimum absolute atomic E-state index is 0.121. The first-order chi connectivity index (χ1) is 10.2. The van der Waals surface area contributed by atoms with Crippen molar-refractivity contribution in [2.24, 2.45) is 0 Å². The number of benzene rings is 2. The van der Waals surface area contributed by atoms with Crippen molar-refractivity contribution in [1.29, 1.82) is 0 Å². The molecule has 4 rings (SSSR count). The second-order valence-corrected chi connectivity index (χ2v) is 6.58. The van der Waals surface area contributed by atoms with Crippen LogP contribution < -0.4 is 4.74 Å². The van der Waals surface area contributed by atoms with Gasteiger partial charge in [0.15, 0.2) is 0 Å². The van der Waals surface area contributed by atoms with Gasteiger partial charge in [-0.15, -0.1) is 11.3 Å². The molecule has 1 unspecified atom stereocenters. The van der Waals surface area contributed by atoms with E-state index in [-0.39, 0.29) is 6.10 Å². The van der Waals surface area contributed by atoms with Gasteiger partial charge < -0.3 is 9.84 Å². The average Bonchev–Trinajstić information content (AvgIpc) is 2.92. The predicted molar refractivity (Wildman–Crippen MR) is 86.2 cm³/mol. The van der Waals surface area contributed by atoms with Gasteiger partial charge in [0.25, 0.3) is 0 Å². The van der Waals surface area contributed by atoms with Crippen molar-refractivity contribution in [3.8, 4) is 5.75 Å². The van der Waals surface area contributed by atoms with Crippen LogP contribution in [0.5, 0.6) is 5.75 Å². The number of rotatable bonds is 1. The molecule has 0 spiro atoms. The fraction of sp³-hybridized carbons (Fsp3) is 0.176. The van der Waals surface area contributed by atoms with E-state index in [1.807, 2.05) is 18.2 Å². The standard InChI is InChI=1S/C17H13ClO2S/c18-10-5-6-15-12(7-10)14(19)8-16(20-15)13-9-21-17-4-2-1-3-11(13)17/h1-7,9,14,16,19H,8H2/t14-,16?/m0/s1. The average molecular weight is 317 g/mol. The van der Waals surface area contributed by atoms with E-state index < -0.39 is 6.10 Å². The third-order valence-corrected chi connectivity index (χ3v) is 5.11. The Morgan fingerprint density at radius 3 is 2.90 bits per heavy atom. The summed E-state index contributed by atoms with van der Waals surface area (Å²) in [6.45, 7) is 0. The van der Waals surface area contributed by atoms with Gasteiger partial charge >= 0.3 is 0 Å². The zero-order valence-corrected chi connectivity index (χ0v) is 12.7. The lowest BCUT2D eigenvalue weighted by Crippen LogP contribution is -2.18. The molecule has 0 aliphatic carbocycles. The van der Waals surface area contributed by atoms with Crippen LogP contribution in [0.1, 0.15) is 29.8 Å². The van der Waals surface area contributed by atoms with Crippen LogP contribution in [0, 0.1) is 0 Å². The van der Waals surface area contributed by atoms with Gasteiger partial charge in [-0.25, -0.2) is 0 Å². The van der Waals surface area contributed by atoms with Crippen molar-refractivity contribution in [2.75, 3.05) is 0 Å². The van der Waals surface area contributed by atoms with Crippen molar-refractivity contribution in [3.63, 3.8) is 0 Å². The first-order valence-corrected chi connectivity index (χ1v) is 8.08.